The number of carbonyl (C=O) groups is 2. The van der Waals surface area contributed by atoms with Gasteiger partial charge in [-0.05, 0) is 43.2 Å². The first kappa shape index (κ1) is 16.7. The van der Waals surface area contributed by atoms with Crippen LogP contribution in [0.5, 0.6) is 0 Å². The van der Waals surface area contributed by atoms with Crippen LogP contribution in [0.3, 0.4) is 0 Å². The Morgan fingerprint density at radius 1 is 1.08 bits per heavy atom. The van der Waals surface area contributed by atoms with Crippen molar-refractivity contribution in [2.45, 2.75) is 18.9 Å². The van der Waals surface area contributed by atoms with E-state index in [0.717, 1.165) is 19.4 Å². The summed E-state index contributed by atoms with van der Waals surface area (Å²) >= 11 is 5.86. The van der Waals surface area contributed by atoms with Gasteiger partial charge in [0, 0.05) is 29.3 Å². The molecule has 124 valence electrons. The molecule has 0 saturated carbocycles. The lowest BCUT2D eigenvalue weighted by molar-refractivity contribution is 0.0853. The second-order valence-electron chi connectivity index (χ2n) is 5.73. The maximum absolute atomic E-state index is 12.7. The predicted molar refractivity (Wildman–Crippen MR) is 92.6 cm³/mol. The lowest BCUT2D eigenvalue weighted by atomic mass is 9.98. The van der Waals surface area contributed by atoms with Crippen LogP contribution in [-0.4, -0.2) is 30.9 Å². The summed E-state index contributed by atoms with van der Waals surface area (Å²) in [5.74, 6) is -0.460. The highest BCUT2D eigenvalue weighted by molar-refractivity contribution is 6.30. The molecule has 1 aliphatic heterocycles. The van der Waals surface area contributed by atoms with E-state index in [4.69, 9.17) is 16.3 Å². The van der Waals surface area contributed by atoms with E-state index < -0.39 is 0 Å². The van der Waals surface area contributed by atoms with E-state index in [9.17, 15) is 9.59 Å². The zero-order chi connectivity index (χ0) is 16.9. The normalized spacial score (nSPS) is 16.8. The minimum atomic E-state index is -0.261. The molecule has 2 aromatic carbocycles. The van der Waals surface area contributed by atoms with Crippen molar-refractivity contribution < 1.29 is 14.3 Å². The Morgan fingerprint density at radius 3 is 2.46 bits per heavy atom. The van der Waals surface area contributed by atoms with E-state index in [1.165, 1.54) is 0 Å². The van der Waals surface area contributed by atoms with E-state index >= 15 is 0 Å². The number of amides is 1. The maximum atomic E-state index is 12.7. The molecule has 1 fully saturated rings. The summed E-state index contributed by atoms with van der Waals surface area (Å²) in [6.07, 6.45) is 2.03. The van der Waals surface area contributed by atoms with Gasteiger partial charge in [0.15, 0.2) is 5.78 Å². The number of benzene rings is 2. The molecule has 1 unspecified atom stereocenters. The highest BCUT2D eigenvalue weighted by Crippen LogP contribution is 2.17. The monoisotopic (exact) mass is 343 g/mol. The van der Waals surface area contributed by atoms with Crippen molar-refractivity contribution in [1.29, 1.82) is 0 Å². The van der Waals surface area contributed by atoms with Gasteiger partial charge < -0.3 is 10.1 Å². The van der Waals surface area contributed by atoms with E-state index in [-0.39, 0.29) is 17.8 Å². The molecule has 4 nitrogen and oxygen atoms in total. The molecule has 24 heavy (non-hydrogen) atoms. The lowest BCUT2D eigenvalue weighted by Gasteiger charge is -2.13. The Kier molecular flexibility index (Phi) is 5.28. The van der Waals surface area contributed by atoms with Gasteiger partial charge in [-0.15, -0.1) is 0 Å². The third-order valence-corrected chi connectivity index (χ3v) is 4.29. The Balaban J connectivity index is 1.77. The van der Waals surface area contributed by atoms with E-state index in [0.29, 0.717) is 28.3 Å². The topological polar surface area (TPSA) is 55.4 Å². The first-order valence-electron chi connectivity index (χ1n) is 7.94. The smallest absolute Gasteiger partial charge is 0.252 e. The fraction of sp³-hybridized carbons (Fsp3) is 0.263. The molecule has 0 radical (unpaired) electrons. The Morgan fingerprint density at radius 2 is 1.79 bits per heavy atom. The average Bonchev–Trinajstić information content (AvgIpc) is 3.13. The number of ether oxygens (including phenoxy) is 1. The molecule has 1 amide bonds. The van der Waals surface area contributed by atoms with Crippen LogP contribution in [0.15, 0.2) is 48.5 Å². The molecule has 0 aliphatic carbocycles. The minimum absolute atomic E-state index is 0.0630. The van der Waals surface area contributed by atoms with Crippen molar-refractivity contribution >= 4 is 23.3 Å². The molecular formula is C19H18ClNO3. The minimum Gasteiger partial charge on any atom is -0.376 e. The largest absolute Gasteiger partial charge is 0.376 e. The highest BCUT2D eigenvalue weighted by Gasteiger charge is 2.20. The summed E-state index contributed by atoms with van der Waals surface area (Å²) in [5.41, 5.74) is 1.25. The number of hydrogen-bond donors (Lipinski definition) is 1. The molecule has 1 heterocycles. The standard InChI is InChI=1S/C19H18ClNO3/c20-14-9-7-13(8-10-14)18(22)16-5-1-2-6-17(16)19(23)21-12-15-4-3-11-24-15/h1-2,5-10,15H,3-4,11-12H2,(H,21,23). The van der Waals surface area contributed by atoms with Crippen molar-refractivity contribution in [2.75, 3.05) is 13.2 Å². The van der Waals surface area contributed by atoms with Crippen LogP contribution < -0.4 is 5.32 Å². The summed E-state index contributed by atoms with van der Waals surface area (Å²) in [6.45, 7) is 1.20. The molecule has 3 rings (SSSR count). The molecule has 0 aromatic heterocycles. The van der Waals surface area contributed by atoms with Gasteiger partial charge in [-0.25, -0.2) is 0 Å². The van der Waals surface area contributed by atoms with Gasteiger partial charge in [0.05, 0.1) is 11.7 Å². The molecule has 1 atom stereocenters. The number of nitrogens with one attached hydrogen (secondary N) is 1. The van der Waals surface area contributed by atoms with Crippen molar-refractivity contribution in [3.05, 3.63) is 70.2 Å². The fourth-order valence-corrected chi connectivity index (χ4v) is 2.87. The SMILES string of the molecule is O=C(NCC1CCCO1)c1ccccc1C(=O)c1ccc(Cl)cc1. The van der Waals surface area contributed by atoms with Gasteiger partial charge in [-0.1, -0.05) is 29.8 Å². The van der Waals surface area contributed by atoms with E-state index in [2.05, 4.69) is 5.32 Å². The molecule has 1 saturated heterocycles. The number of carbonyl (C=O) groups excluding carboxylic acids is 2. The molecule has 0 bridgehead atoms. The number of halogens is 1. The van der Waals surface area contributed by atoms with Crippen LogP contribution in [0, 0.1) is 0 Å². The predicted octanol–water partition coefficient (Wildman–Crippen LogP) is 3.48. The molecule has 2 aromatic rings. The zero-order valence-electron chi connectivity index (χ0n) is 13.1. The van der Waals surface area contributed by atoms with Crippen LogP contribution in [-0.2, 0) is 4.74 Å². The number of rotatable bonds is 5. The van der Waals surface area contributed by atoms with Gasteiger partial charge in [-0.2, -0.15) is 0 Å². The van der Waals surface area contributed by atoms with Crippen LogP contribution >= 0.6 is 11.6 Å². The molecule has 0 spiro atoms. The lowest BCUT2D eigenvalue weighted by Crippen LogP contribution is -2.32. The van der Waals surface area contributed by atoms with Crippen LogP contribution in [0.4, 0.5) is 0 Å². The molecular weight excluding hydrogens is 326 g/mol. The Hall–Kier alpha value is -2.17. The van der Waals surface area contributed by atoms with Crippen LogP contribution in [0.25, 0.3) is 0 Å². The van der Waals surface area contributed by atoms with Gasteiger partial charge in [0.2, 0.25) is 0 Å². The third kappa shape index (κ3) is 3.83. The van der Waals surface area contributed by atoms with Crippen LogP contribution in [0.2, 0.25) is 5.02 Å². The first-order valence-corrected chi connectivity index (χ1v) is 8.32. The van der Waals surface area contributed by atoms with Gasteiger partial charge in [0.1, 0.15) is 0 Å². The van der Waals surface area contributed by atoms with Crippen molar-refractivity contribution in [3.8, 4) is 0 Å². The van der Waals surface area contributed by atoms with Gasteiger partial charge in [0.25, 0.3) is 5.91 Å². The molecule has 5 heteroatoms. The first-order chi connectivity index (χ1) is 11.6. The Labute approximate surface area is 145 Å². The van der Waals surface area contributed by atoms with E-state index in [1.54, 1.807) is 48.5 Å². The van der Waals surface area contributed by atoms with Crippen molar-refractivity contribution in [2.24, 2.45) is 0 Å². The maximum Gasteiger partial charge on any atom is 0.252 e. The van der Waals surface area contributed by atoms with Crippen molar-refractivity contribution in [1.82, 2.24) is 5.32 Å². The third-order valence-electron chi connectivity index (χ3n) is 4.04. The Bertz CT molecular complexity index is 737. The number of hydrogen-bond acceptors (Lipinski definition) is 3. The van der Waals surface area contributed by atoms with Gasteiger partial charge in [-0.3, -0.25) is 9.59 Å². The summed E-state index contributed by atoms with van der Waals surface area (Å²) in [5, 5.41) is 3.42. The quantitative estimate of drug-likeness (QED) is 0.846. The van der Waals surface area contributed by atoms with E-state index in [1.807, 2.05) is 0 Å². The second-order valence-corrected chi connectivity index (χ2v) is 6.16. The summed E-state index contributed by atoms with van der Waals surface area (Å²) in [6, 6.07) is 13.5. The second kappa shape index (κ2) is 7.60. The summed E-state index contributed by atoms with van der Waals surface area (Å²) in [4.78, 5) is 25.2. The summed E-state index contributed by atoms with van der Waals surface area (Å²) < 4.78 is 5.50. The molecule has 1 aliphatic rings. The molecule has 1 N–H and O–H groups in total. The number of ketones is 1. The zero-order valence-corrected chi connectivity index (χ0v) is 13.9. The summed E-state index contributed by atoms with van der Waals surface area (Å²) in [7, 11) is 0. The highest BCUT2D eigenvalue weighted by atomic mass is 35.5. The van der Waals surface area contributed by atoms with Crippen molar-refractivity contribution in [3.63, 3.8) is 0 Å². The van der Waals surface area contributed by atoms with Crippen LogP contribution in [0.1, 0.15) is 39.1 Å². The average molecular weight is 344 g/mol. The van der Waals surface area contributed by atoms with Gasteiger partial charge >= 0.3 is 0 Å². The fourth-order valence-electron chi connectivity index (χ4n) is 2.74.